The summed E-state index contributed by atoms with van der Waals surface area (Å²) >= 11 is 0. The molecule has 3 heterocycles. The highest BCUT2D eigenvalue weighted by Gasteiger charge is 2.37. The SMILES string of the molecule is Cc1cc(C)nc([C@H]2CN(C(=O)C(C)(C)n3cncn3)CCO2)n1. The maximum atomic E-state index is 13.0. The minimum atomic E-state index is -0.804. The van der Waals surface area contributed by atoms with Gasteiger partial charge in [0.1, 0.15) is 24.3 Å². The van der Waals surface area contributed by atoms with E-state index >= 15 is 0 Å². The van der Waals surface area contributed by atoms with E-state index in [1.54, 1.807) is 15.9 Å². The molecule has 1 saturated heterocycles. The summed E-state index contributed by atoms with van der Waals surface area (Å²) in [5.41, 5.74) is 0.988. The van der Waals surface area contributed by atoms with E-state index in [2.05, 4.69) is 20.1 Å². The molecule has 2 aromatic heterocycles. The summed E-state index contributed by atoms with van der Waals surface area (Å²) in [6.45, 7) is 8.96. The summed E-state index contributed by atoms with van der Waals surface area (Å²) in [7, 11) is 0. The molecule has 0 saturated carbocycles. The van der Waals surface area contributed by atoms with Crippen LogP contribution in [-0.2, 0) is 15.1 Å². The zero-order valence-electron chi connectivity index (χ0n) is 14.4. The Morgan fingerprint density at radius 2 is 2.00 bits per heavy atom. The number of ether oxygens (including phenoxy) is 1. The lowest BCUT2D eigenvalue weighted by Gasteiger charge is -2.37. The average molecular weight is 330 g/mol. The molecule has 1 fully saturated rings. The molecule has 2 aromatic rings. The van der Waals surface area contributed by atoms with Gasteiger partial charge in [0.05, 0.1) is 13.2 Å². The summed E-state index contributed by atoms with van der Waals surface area (Å²) in [6, 6.07) is 1.92. The lowest BCUT2D eigenvalue weighted by atomic mass is 10.0. The number of hydrogen-bond acceptors (Lipinski definition) is 6. The van der Waals surface area contributed by atoms with Crippen molar-refractivity contribution in [2.24, 2.45) is 0 Å². The molecule has 0 aromatic carbocycles. The van der Waals surface area contributed by atoms with Crippen LogP contribution in [0.3, 0.4) is 0 Å². The Morgan fingerprint density at radius 3 is 2.62 bits per heavy atom. The fourth-order valence-electron chi connectivity index (χ4n) is 2.87. The summed E-state index contributed by atoms with van der Waals surface area (Å²) in [6.07, 6.45) is 2.68. The molecule has 0 unspecified atom stereocenters. The fraction of sp³-hybridized carbons (Fsp3) is 0.562. The number of hydrogen-bond donors (Lipinski definition) is 0. The first-order chi connectivity index (χ1) is 11.4. The van der Waals surface area contributed by atoms with Crippen molar-refractivity contribution in [1.82, 2.24) is 29.6 Å². The first-order valence-corrected chi connectivity index (χ1v) is 7.96. The minimum absolute atomic E-state index is 0.0225. The third kappa shape index (κ3) is 3.14. The smallest absolute Gasteiger partial charge is 0.250 e. The van der Waals surface area contributed by atoms with Crippen molar-refractivity contribution >= 4 is 5.91 Å². The number of carbonyl (C=O) groups excluding carboxylic acids is 1. The molecule has 8 heteroatoms. The standard InChI is InChI=1S/C16H22N6O2/c1-11-7-12(2)20-14(19-11)13-8-21(5-6-24-13)15(23)16(3,4)22-10-17-9-18-22/h7,9-10,13H,5-6,8H2,1-4H3/t13-/m1/s1. The van der Waals surface area contributed by atoms with Gasteiger partial charge in [-0.2, -0.15) is 5.10 Å². The molecule has 0 aliphatic carbocycles. The number of nitrogens with zero attached hydrogens (tertiary/aromatic N) is 6. The van der Waals surface area contributed by atoms with Gasteiger partial charge in [-0.1, -0.05) is 0 Å². The maximum absolute atomic E-state index is 13.0. The van der Waals surface area contributed by atoms with Crippen LogP contribution in [0.25, 0.3) is 0 Å². The number of rotatable bonds is 3. The second-order valence-corrected chi connectivity index (χ2v) is 6.52. The zero-order chi connectivity index (χ0) is 17.3. The highest BCUT2D eigenvalue weighted by Crippen LogP contribution is 2.24. The Morgan fingerprint density at radius 1 is 1.29 bits per heavy atom. The van der Waals surface area contributed by atoms with Crippen molar-refractivity contribution in [3.05, 3.63) is 35.9 Å². The van der Waals surface area contributed by atoms with Crippen LogP contribution >= 0.6 is 0 Å². The number of carbonyl (C=O) groups is 1. The summed E-state index contributed by atoms with van der Waals surface area (Å²) in [5.74, 6) is 0.606. The van der Waals surface area contributed by atoms with Gasteiger partial charge in [-0.05, 0) is 33.8 Å². The number of amides is 1. The maximum Gasteiger partial charge on any atom is 0.250 e. The van der Waals surface area contributed by atoms with Crippen LogP contribution in [0.15, 0.2) is 18.7 Å². The molecular formula is C16H22N6O2. The van der Waals surface area contributed by atoms with Gasteiger partial charge in [0.2, 0.25) is 5.91 Å². The largest absolute Gasteiger partial charge is 0.367 e. The predicted octanol–water partition coefficient (Wildman–Crippen LogP) is 1.02. The van der Waals surface area contributed by atoms with Crippen molar-refractivity contribution < 1.29 is 9.53 Å². The quantitative estimate of drug-likeness (QED) is 0.835. The lowest BCUT2D eigenvalue weighted by Crippen LogP contribution is -2.51. The van der Waals surface area contributed by atoms with Gasteiger partial charge in [-0.3, -0.25) is 4.79 Å². The van der Waals surface area contributed by atoms with E-state index in [4.69, 9.17) is 4.74 Å². The molecule has 1 aliphatic rings. The highest BCUT2D eigenvalue weighted by atomic mass is 16.5. The molecule has 24 heavy (non-hydrogen) atoms. The fourth-order valence-corrected chi connectivity index (χ4v) is 2.87. The molecule has 1 aliphatic heterocycles. The zero-order valence-corrected chi connectivity index (χ0v) is 14.4. The second kappa shape index (κ2) is 6.27. The summed E-state index contributed by atoms with van der Waals surface area (Å²) in [4.78, 5) is 27.6. The van der Waals surface area contributed by atoms with Crippen LogP contribution in [0, 0.1) is 13.8 Å². The van der Waals surface area contributed by atoms with Crippen molar-refractivity contribution in [2.45, 2.75) is 39.3 Å². The Labute approximate surface area is 140 Å². The van der Waals surface area contributed by atoms with E-state index in [1.165, 1.54) is 6.33 Å². The molecule has 8 nitrogen and oxygen atoms in total. The molecule has 3 rings (SSSR count). The van der Waals surface area contributed by atoms with Gasteiger partial charge < -0.3 is 9.64 Å². The van der Waals surface area contributed by atoms with Crippen molar-refractivity contribution in [3.8, 4) is 0 Å². The lowest BCUT2D eigenvalue weighted by molar-refractivity contribution is -0.147. The highest BCUT2D eigenvalue weighted by molar-refractivity contribution is 5.83. The van der Waals surface area contributed by atoms with Gasteiger partial charge in [0, 0.05) is 17.9 Å². The summed E-state index contributed by atoms with van der Waals surface area (Å²) < 4.78 is 7.38. The van der Waals surface area contributed by atoms with Crippen LogP contribution in [0.5, 0.6) is 0 Å². The van der Waals surface area contributed by atoms with Crippen molar-refractivity contribution in [1.29, 1.82) is 0 Å². The number of morpholine rings is 1. The predicted molar refractivity (Wildman–Crippen MR) is 86.1 cm³/mol. The van der Waals surface area contributed by atoms with Gasteiger partial charge in [-0.15, -0.1) is 0 Å². The third-order valence-corrected chi connectivity index (χ3v) is 4.16. The topological polar surface area (TPSA) is 86.0 Å². The van der Waals surface area contributed by atoms with E-state index in [0.29, 0.717) is 25.5 Å². The molecular weight excluding hydrogens is 308 g/mol. The van der Waals surface area contributed by atoms with E-state index in [0.717, 1.165) is 11.4 Å². The molecule has 0 N–H and O–H groups in total. The van der Waals surface area contributed by atoms with E-state index in [9.17, 15) is 4.79 Å². The second-order valence-electron chi connectivity index (χ2n) is 6.52. The van der Waals surface area contributed by atoms with Crippen LogP contribution in [0.1, 0.15) is 37.2 Å². The Bertz CT molecular complexity index is 708. The van der Waals surface area contributed by atoms with Gasteiger partial charge in [0.15, 0.2) is 5.82 Å². The van der Waals surface area contributed by atoms with Crippen LogP contribution in [0.2, 0.25) is 0 Å². The van der Waals surface area contributed by atoms with E-state index in [-0.39, 0.29) is 12.0 Å². The van der Waals surface area contributed by atoms with Gasteiger partial charge in [0.25, 0.3) is 0 Å². The Kier molecular flexibility index (Phi) is 4.31. The van der Waals surface area contributed by atoms with E-state index in [1.807, 2.05) is 33.8 Å². The van der Waals surface area contributed by atoms with Crippen LogP contribution < -0.4 is 0 Å². The van der Waals surface area contributed by atoms with Gasteiger partial charge >= 0.3 is 0 Å². The minimum Gasteiger partial charge on any atom is -0.367 e. The van der Waals surface area contributed by atoms with Crippen molar-refractivity contribution in [3.63, 3.8) is 0 Å². The molecule has 1 amide bonds. The first-order valence-electron chi connectivity index (χ1n) is 7.96. The monoisotopic (exact) mass is 330 g/mol. The first kappa shape index (κ1) is 16.5. The molecule has 0 radical (unpaired) electrons. The van der Waals surface area contributed by atoms with Crippen LogP contribution in [0.4, 0.5) is 0 Å². The van der Waals surface area contributed by atoms with Crippen LogP contribution in [-0.4, -0.2) is 55.2 Å². The van der Waals surface area contributed by atoms with Gasteiger partial charge in [-0.25, -0.2) is 19.6 Å². The summed E-state index contributed by atoms with van der Waals surface area (Å²) in [5, 5.41) is 4.11. The third-order valence-electron chi connectivity index (χ3n) is 4.16. The Balaban J connectivity index is 1.79. The molecule has 0 spiro atoms. The molecule has 0 bridgehead atoms. The average Bonchev–Trinajstić information content (AvgIpc) is 3.08. The van der Waals surface area contributed by atoms with E-state index < -0.39 is 5.54 Å². The number of aryl methyl sites for hydroxylation is 2. The normalized spacial score (nSPS) is 18.7. The molecule has 128 valence electrons. The van der Waals surface area contributed by atoms with Crippen molar-refractivity contribution in [2.75, 3.05) is 19.7 Å². The number of aromatic nitrogens is 5. The molecule has 1 atom stereocenters. The Hall–Kier alpha value is -2.35.